The molecule has 0 aliphatic carbocycles. The fraction of sp³-hybridized carbons (Fsp3) is 0.600. The summed E-state index contributed by atoms with van der Waals surface area (Å²) >= 11 is 0. The topological polar surface area (TPSA) is 69.8 Å². The van der Waals surface area contributed by atoms with Gasteiger partial charge in [0.1, 0.15) is 5.69 Å². The number of nitrogens with zero attached hydrogens (tertiary/aromatic N) is 1. The Morgan fingerprint density at radius 3 is 2.87 bits per heavy atom. The van der Waals surface area contributed by atoms with Gasteiger partial charge in [0.2, 0.25) is 0 Å². The molecule has 0 radical (unpaired) electrons. The van der Waals surface area contributed by atoms with Gasteiger partial charge in [0.15, 0.2) is 0 Å². The van der Waals surface area contributed by atoms with Crippen LogP contribution >= 0.6 is 0 Å². The predicted molar refractivity (Wildman–Crippen MR) is 58.8 cm³/mol. The second-order valence-corrected chi connectivity index (χ2v) is 3.24. The van der Waals surface area contributed by atoms with Gasteiger partial charge in [0.25, 0.3) is 5.91 Å². The van der Waals surface area contributed by atoms with E-state index in [1.54, 1.807) is 6.07 Å². The molecule has 15 heavy (non-hydrogen) atoms. The quantitative estimate of drug-likeness (QED) is 0.592. The van der Waals surface area contributed by atoms with Gasteiger partial charge in [-0.15, -0.1) is 0 Å². The maximum atomic E-state index is 11.5. The molecule has 0 aliphatic heterocycles. The highest BCUT2D eigenvalue weighted by Gasteiger charge is 2.08. The Bertz CT molecular complexity index is 308. The minimum Gasteiger partial charge on any atom is -0.349 e. The van der Waals surface area contributed by atoms with Crippen LogP contribution in [0.15, 0.2) is 6.07 Å². The molecule has 1 heterocycles. The van der Waals surface area contributed by atoms with Gasteiger partial charge in [-0.05, 0) is 19.0 Å². The first-order valence-electron chi connectivity index (χ1n) is 5.31. The molecule has 0 atom stereocenters. The molecule has 0 saturated heterocycles. The molecule has 0 aromatic carbocycles. The summed E-state index contributed by atoms with van der Waals surface area (Å²) in [6, 6.07) is 1.78. The smallest absolute Gasteiger partial charge is 0.271 e. The van der Waals surface area contributed by atoms with Crippen LogP contribution < -0.4 is 10.6 Å². The van der Waals surface area contributed by atoms with Crippen molar-refractivity contribution in [2.24, 2.45) is 0 Å². The molecule has 1 aromatic rings. The zero-order valence-electron chi connectivity index (χ0n) is 9.26. The van der Waals surface area contributed by atoms with Crippen molar-refractivity contribution in [3.05, 3.63) is 17.5 Å². The fourth-order valence-electron chi connectivity index (χ4n) is 1.19. The van der Waals surface area contributed by atoms with Crippen molar-refractivity contribution in [2.45, 2.75) is 20.3 Å². The maximum absolute atomic E-state index is 11.5. The molecule has 0 fully saturated rings. The van der Waals surface area contributed by atoms with Crippen LogP contribution in [0.1, 0.15) is 30.0 Å². The fourth-order valence-corrected chi connectivity index (χ4v) is 1.19. The average molecular weight is 210 g/mol. The van der Waals surface area contributed by atoms with E-state index in [0.29, 0.717) is 12.2 Å². The first-order valence-corrected chi connectivity index (χ1v) is 5.31. The summed E-state index contributed by atoms with van der Waals surface area (Å²) in [6.45, 7) is 6.37. The molecular weight excluding hydrogens is 192 g/mol. The summed E-state index contributed by atoms with van der Waals surface area (Å²) in [5, 5.41) is 12.7. The van der Waals surface area contributed by atoms with Gasteiger partial charge < -0.3 is 10.6 Å². The second kappa shape index (κ2) is 6.19. The SMILES string of the molecule is CCNCCNC(=O)c1cc(CC)[nH]n1. The van der Waals surface area contributed by atoms with E-state index in [1.165, 1.54) is 0 Å². The van der Waals surface area contributed by atoms with E-state index in [0.717, 1.165) is 25.2 Å². The zero-order valence-corrected chi connectivity index (χ0v) is 9.26. The molecule has 0 unspecified atom stereocenters. The molecule has 5 nitrogen and oxygen atoms in total. The van der Waals surface area contributed by atoms with Gasteiger partial charge in [-0.2, -0.15) is 5.10 Å². The van der Waals surface area contributed by atoms with Gasteiger partial charge in [0, 0.05) is 18.8 Å². The summed E-state index contributed by atoms with van der Waals surface area (Å²) in [7, 11) is 0. The lowest BCUT2D eigenvalue weighted by molar-refractivity contribution is 0.0949. The third-order valence-corrected chi connectivity index (χ3v) is 2.08. The lowest BCUT2D eigenvalue weighted by atomic mass is 10.3. The molecule has 1 rings (SSSR count). The van der Waals surface area contributed by atoms with Crippen molar-refractivity contribution >= 4 is 5.91 Å². The number of aromatic amines is 1. The zero-order chi connectivity index (χ0) is 11.1. The third-order valence-electron chi connectivity index (χ3n) is 2.08. The first-order chi connectivity index (χ1) is 7.27. The van der Waals surface area contributed by atoms with Gasteiger partial charge in [-0.3, -0.25) is 9.89 Å². The summed E-state index contributed by atoms with van der Waals surface area (Å²) < 4.78 is 0. The van der Waals surface area contributed by atoms with Crippen LogP contribution in [-0.2, 0) is 6.42 Å². The number of likely N-dealkylation sites (N-methyl/N-ethyl adjacent to an activating group) is 1. The van der Waals surface area contributed by atoms with E-state index < -0.39 is 0 Å². The number of carbonyl (C=O) groups is 1. The molecule has 0 saturated carbocycles. The van der Waals surface area contributed by atoms with Gasteiger partial charge in [-0.1, -0.05) is 13.8 Å². The van der Waals surface area contributed by atoms with Gasteiger partial charge in [-0.25, -0.2) is 0 Å². The summed E-state index contributed by atoms with van der Waals surface area (Å²) in [5.41, 5.74) is 1.44. The molecule has 1 amide bonds. The van der Waals surface area contributed by atoms with Crippen molar-refractivity contribution in [1.29, 1.82) is 0 Å². The van der Waals surface area contributed by atoms with Crippen LogP contribution in [0.25, 0.3) is 0 Å². The molecule has 0 bridgehead atoms. The lowest BCUT2D eigenvalue weighted by Gasteiger charge is -2.02. The van der Waals surface area contributed by atoms with Crippen molar-refractivity contribution in [3.8, 4) is 0 Å². The van der Waals surface area contributed by atoms with Crippen LogP contribution in [0.4, 0.5) is 0 Å². The van der Waals surface area contributed by atoms with Gasteiger partial charge >= 0.3 is 0 Å². The summed E-state index contributed by atoms with van der Waals surface area (Å²) in [4.78, 5) is 11.5. The number of H-pyrrole nitrogens is 1. The van der Waals surface area contributed by atoms with E-state index in [-0.39, 0.29) is 5.91 Å². The Balaban J connectivity index is 2.33. The normalized spacial score (nSPS) is 10.3. The second-order valence-electron chi connectivity index (χ2n) is 3.24. The Morgan fingerprint density at radius 1 is 1.47 bits per heavy atom. The standard InChI is InChI=1S/C10H18N4O/c1-3-8-7-9(14-13-8)10(15)12-6-5-11-4-2/h7,11H,3-6H2,1-2H3,(H,12,15)(H,13,14). The molecule has 3 N–H and O–H groups in total. The number of aryl methyl sites for hydroxylation is 1. The number of aromatic nitrogens is 2. The Hall–Kier alpha value is -1.36. The van der Waals surface area contributed by atoms with Crippen LogP contribution in [0.5, 0.6) is 0 Å². The number of amides is 1. The molecule has 84 valence electrons. The predicted octanol–water partition coefficient (Wildman–Crippen LogP) is 0.311. The third kappa shape index (κ3) is 3.71. The van der Waals surface area contributed by atoms with Crippen LogP contribution in [0.3, 0.4) is 0 Å². The van der Waals surface area contributed by atoms with Crippen molar-refractivity contribution < 1.29 is 4.79 Å². The van der Waals surface area contributed by atoms with Gasteiger partial charge in [0.05, 0.1) is 0 Å². The van der Waals surface area contributed by atoms with Crippen molar-refractivity contribution in [3.63, 3.8) is 0 Å². The highest BCUT2D eigenvalue weighted by Crippen LogP contribution is 1.99. The van der Waals surface area contributed by atoms with E-state index in [1.807, 2.05) is 13.8 Å². The molecule has 1 aromatic heterocycles. The average Bonchev–Trinajstić information content (AvgIpc) is 2.72. The monoisotopic (exact) mass is 210 g/mol. The minimum absolute atomic E-state index is 0.121. The van der Waals surface area contributed by atoms with E-state index in [4.69, 9.17) is 0 Å². The molecular formula is C10H18N4O. The Morgan fingerprint density at radius 2 is 2.27 bits per heavy atom. The molecule has 5 heteroatoms. The Kier molecular flexibility index (Phi) is 4.83. The van der Waals surface area contributed by atoms with Crippen LogP contribution in [-0.4, -0.2) is 35.7 Å². The molecule has 0 aliphatic rings. The Labute approximate surface area is 89.6 Å². The number of nitrogens with one attached hydrogen (secondary N) is 3. The number of hydrogen-bond donors (Lipinski definition) is 3. The van der Waals surface area contributed by atoms with Crippen molar-refractivity contribution in [2.75, 3.05) is 19.6 Å². The highest BCUT2D eigenvalue weighted by atomic mass is 16.1. The number of rotatable bonds is 6. The number of carbonyl (C=O) groups excluding carboxylic acids is 1. The lowest BCUT2D eigenvalue weighted by Crippen LogP contribution is -2.31. The largest absolute Gasteiger partial charge is 0.349 e. The van der Waals surface area contributed by atoms with Crippen molar-refractivity contribution in [1.82, 2.24) is 20.8 Å². The van der Waals surface area contributed by atoms with Crippen LogP contribution in [0.2, 0.25) is 0 Å². The summed E-state index contributed by atoms with van der Waals surface area (Å²) in [5.74, 6) is -0.121. The van der Waals surface area contributed by atoms with E-state index in [2.05, 4.69) is 20.8 Å². The molecule has 0 spiro atoms. The van der Waals surface area contributed by atoms with E-state index in [9.17, 15) is 4.79 Å². The minimum atomic E-state index is -0.121. The maximum Gasteiger partial charge on any atom is 0.271 e. The van der Waals surface area contributed by atoms with E-state index >= 15 is 0 Å². The van der Waals surface area contributed by atoms with Crippen LogP contribution in [0, 0.1) is 0 Å². The number of hydrogen-bond acceptors (Lipinski definition) is 3. The highest BCUT2D eigenvalue weighted by molar-refractivity contribution is 5.92. The first kappa shape index (κ1) is 11.7. The summed E-state index contributed by atoms with van der Waals surface area (Å²) in [6.07, 6.45) is 0.859.